The van der Waals surface area contributed by atoms with Crippen molar-refractivity contribution in [2.75, 3.05) is 38.6 Å². The maximum absolute atomic E-state index is 11.6. The highest BCUT2D eigenvalue weighted by Gasteiger charge is 2.15. The molecule has 1 saturated heterocycles. The summed E-state index contributed by atoms with van der Waals surface area (Å²) in [5.74, 6) is 1.14. The normalized spacial score (nSPS) is 19.9. The third kappa shape index (κ3) is 5.39. The Morgan fingerprint density at radius 1 is 1.53 bits per heavy atom. The lowest BCUT2D eigenvalue weighted by Gasteiger charge is -2.26. The molecule has 0 radical (unpaired) electrons. The topological polar surface area (TPSA) is 41.6 Å². The predicted octanol–water partition coefficient (Wildman–Crippen LogP) is 0.534. The second kappa shape index (κ2) is 7.09. The minimum atomic E-state index is 0.116. The number of rotatable bonds is 5. The van der Waals surface area contributed by atoms with Gasteiger partial charge in [-0.15, -0.1) is 11.8 Å². The number of ether oxygens (including phenoxy) is 1. The van der Waals surface area contributed by atoms with E-state index in [-0.39, 0.29) is 11.3 Å². The van der Waals surface area contributed by atoms with E-state index in [1.165, 1.54) is 0 Å². The second-order valence-electron chi connectivity index (χ2n) is 3.55. The van der Waals surface area contributed by atoms with Crippen molar-refractivity contribution in [3.05, 3.63) is 0 Å². The Morgan fingerprint density at radius 2 is 2.20 bits per heavy atom. The summed E-state index contributed by atoms with van der Waals surface area (Å²) in [5, 5.41) is 3.18. The van der Waals surface area contributed by atoms with Crippen molar-refractivity contribution < 1.29 is 9.53 Å². The molecule has 1 heterocycles. The van der Waals surface area contributed by atoms with E-state index in [2.05, 4.69) is 17.1 Å². The first kappa shape index (κ1) is 12.8. The first-order chi connectivity index (χ1) is 7.22. The van der Waals surface area contributed by atoms with Gasteiger partial charge in [0.2, 0.25) is 5.91 Å². The zero-order valence-electron chi connectivity index (χ0n) is 9.49. The van der Waals surface area contributed by atoms with Crippen LogP contribution in [-0.4, -0.2) is 54.8 Å². The van der Waals surface area contributed by atoms with Gasteiger partial charge < -0.3 is 10.1 Å². The Balaban J connectivity index is 2.16. The number of carbonyl (C=O) groups excluding carboxylic acids is 1. The lowest BCUT2D eigenvalue weighted by Crippen LogP contribution is -2.44. The molecule has 4 nitrogen and oxygen atoms in total. The van der Waals surface area contributed by atoms with E-state index in [0.29, 0.717) is 6.54 Å². The molecule has 5 heteroatoms. The molecule has 0 spiro atoms. The quantitative estimate of drug-likeness (QED) is 0.702. The largest absolute Gasteiger partial charge is 0.379 e. The Labute approximate surface area is 95.7 Å². The fraction of sp³-hybridized carbons (Fsp3) is 0.900. The SMILES string of the molecule is CCSC(C)NC(=O)CN1CCOCC1. The average Bonchev–Trinajstić information content (AvgIpc) is 2.19. The highest BCUT2D eigenvalue weighted by atomic mass is 32.2. The van der Waals surface area contributed by atoms with E-state index in [1.54, 1.807) is 11.8 Å². The van der Waals surface area contributed by atoms with E-state index < -0.39 is 0 Å². The minimum absolute atomic E-state index is 0.116. The molecule has 0 aromatic heterocycles. The number of hydrogen-bond donors (Lipinski definition) is 1. The van der Waals surface area contributed by atoms with Crippen molar-refractivity contribution in [3.63, 3.8) is 0 Å². The predicted molar refractivity (Wildman–Crippen MR) is 63.0 cm³/mol. The van der Waals surface area contributed by atoms with Crippen LogP contribution in [0.25, 0.3) is 0 Å². The van der Waals surface area contributed by atoms with Crippen molar-refractivity contribution in [1.82, 2.24) is 10.2 Å². The molecule has 1 fully saturated rings. The van der Waals surface area contributed by atoms with Crippen LogP contribution in [0.15, 0.2) is 0 Å². The summed E-state index contributed by atoms with van der Waals surface area (Å²) in [6.07, 6.45) is 0. The molecule has 1 aliphatic heterocycles. The van der Waals surface area contributed by atoms with E-state index in [4.69, 9.17) is 4.74 Å². The molecule has 1 amide bonds. The molecule has 0 saturated carbocycles. The van der Waals surface area contributed by atoms with Gasteiger partial charge >= 0.3 is 0 Å². The maximum atomic E-state index is 11.6. The maximum Gasteiger partial charge on any atom is 0.235 e. The first-order valence-corrected chi connectivity index (χ1v) is 6.48. The molecule has 1 N–H and O–H groups in total. The van der Waals surface area contributed by atoms with Crippen LogP contribution in [0.1, 0.15) is 13.8 Å². The zero-order chi connectivity index (χ0) is 11.1. The Kier molecular flexibility index (Phi) is 6.05. The van der Waals surface area contributed by atoms with Gasteiger partial charge in [0, 0.05) is 13.1 Å². The number of hydrogen-bond acceptors (Lipinski definition) is 4. The molecular weight excluding hydrogens is 212 g/mol. The molecule has 1 aliphatic rings. The zero-order valence-corrected chi connectivity index (χ0v) is 10.3. The number of nitrogens with one attached hydrogen (secondary N) is 1. The Morgan fingerprint density at radius 3 is 2.80 bits per heavy atom. The summed E-state index contributed by atoms with van der Waals surface area (Å²) in [6, 6.07) is 0. The van der Waals surface area contributed by atoms with Gasteiger partial charge in [-0.3, -0.25) is 9.69 Å². The minimum Gasteiger partial charge on any atom is -0.379 e. The van der Waals surface area contributed by atoms with Gasteiger partial charge in [0.25, 0.3) is 0 Å². The Hall–Kier alpha value is -0.260. The fourth-order valence-corrected chi connectivity index (χ4v) is 2.24. The molecule has 0 aliphatic carbocycles. The van der Waals surface area contributed by atoms with Crippen molar-refractivity contribution in [3.8, 4) is 0 Å². The number of amides is 1. The summed E-state index contributed by atoms with van der Waals surface area (Å²) >= 11 is 1.75. The summed E-state index contributed by atoms with van der Waals surface area (Å²) < 4.78 is 5.22. The van der Waals surface area contributed by atoms with Crippen LogP contribution < -0.4 is 5.32 Å². The van der Waals surface area contributed by atoms with E-state index >= 15 is 0 Å². The standard InChI is InChI=1S/C10H20N2O2S/c1-3-15-9(2)11-10(13)8-12-4-6-14-7-5-12/h9H,3-8H2,1-2H3,(H,11,13). The highest BCUT2D eigenvalue weighted by Crippen LogP contribution is 2.05. The van der Waals surface area contributed by atoms with Gasteiger partial charge in [-0.2, -0.15) is 0 Å². The second-order valence-corrected chi connectivity index (χ2v) is 5.17. The monoisotopic (exact) mass is 232 g/mol. The van der Waals surface area contributed by atoms with Crippen molar-refractivity contribution >= 4 is 17.7 Å². The average molecular weight is 232 g/mol. The van der Waals surface area contributed by atoms with Crippen LogP contribution in [0.3, 0.4) is 0 Å². The van der Waals surface area contributed by atoms with Gasteiger partial charge in [-0.25, -0.2) is 0 Å². The van der Waals surface area contributed by atoms with E-state index in [1.807, 2.05) is 6.92 Å². The molecular formula is C10H20N2O2S. The van der Waals surface area contributed by atoms with Crippen molar-refractivity contribution in [1.29, 1.82) is 0 Å². The first-order valence-electron chi connectivity index (χ1n) is 5.43. The van der Waals surface area contributed by atoms with Gasteiger partial charge in [-0.05, 0) is 12.7 Å². The van der Waals surface area contributed by atoms with Crippen molar-refractivity contribution in [2.45, 2.75) is 19.2 Å². The lowest BCUT2D eigenvalue weighted by molar-refractivity contribution is -0.123. The molecule has 1 rings (SSSR count). The lowest BCUT2D eigenvalue weighted by atomic mass is 10.4. The number of morpholine rings is 1. The number of thioether (sulfide) groups is 1. The fourth-order valence-electron chi connectivity index (χ4n) is 1.53. The van der Waals surface area contributed by atoms with Gasteiger partial charge in [0.1, 0.15) is 0 Å². The summed E-state index contributed by atoms with van der Waals surface area (Å²) in [5.41, 5.74) is 0. The molecule has 0 aromatic carbocycles. The highest BCUT2D eigenvalue weighted by molar-refractivity contribution is 7.99. The number of carbonyl (C=O) groups is 1. The molecule has 1 atom stereocenters. The summed E-state index contributed by atoms with van der Waals surface area (Å²) in [6.45, 7) is 7.82. The van der Waals surface area contributed by atoms with Gasteiger partial charge in [-0.1, -0.05) is 6.92 Å². The molecule has 88 valence electrons. The molecule has 1 unspecified atom stereocenters. The van der Waals surface area contributed by atoms with Crippen LogP contribution in [0.5, 0.6) is 0 Å². The van der Waals surface area contributed by atoms with Crippen LogP contribution in [-0.2, 0) is 9.53 Å². The van der Waals surface area contributed by atoms with E-state index in [9.17, 15) is 4.79 Å². The van der Waals surface area contributed by atoms with Crippen molar-refractivity contribution in [2.24, 2.45) is 0 Å². The molecule has 0 bridgehead atoms. The Bertz CT molecular complexity index is 196. The smallest absolute Gasteiger partial charge is 0.235 e. The van der Waals surface area contributed by atoms with Gasteiger partial charge in [0.15, 0.2) is 0 Å². The van der Waals surface area contributed by atoms with E-state index in [0.717, 1.165) is 32.1 Å². The third-order valence-corrected chi connectivity index (χ3v) is 3.20. The third-order valence-electron chi connectivity index (χ3n) is 2.25. The summed E-state index contributed by atoms with van der Waals surface area (Å²) in [4.78, 5) is 13.7. The van der Waals surface area contributed by atoms with Gasteiger partial charge in [0.05, 0.1) is 25.1 Å². The summed E-state index contributed by atoms with van der Waals surface area (Å²) in [7, 11) is 0. The van der Waals surface area contributed by atoms with Crippen LogP contribution in [0.2, 0.25) is 0 Å². The van der Waals surface area contributed by atoms with Crippen LogP contribution in [0, 0.1) is 0 Å². The molecule has 0 aromatic rings. The number of nitrogens with zero attached hydrogens (tertiary/aromatic N) is 1. The van der Waals surface area contributed by atoms with Crippen LogP contribution >= 0.6 is 11.8 Å². The van der Waals surface area contributed by atoms with Crippen LogP contribution in [0.4, 0.5) is 0 Å². The molecule has 15 heavy (non-hydrogen) atoms.